The van der Waals surface area contributed by atoms with Crippen molar-refractivity contribution < 1.29 is 38.9 Å². The zero-order valence-corrected chi connectivity index (χ0v) is 33.7. The molecule has 4 aromatic carbocycles. The number of nitro benzene ring substituents is 2. The van der Waals surface area contributed by atoms with Crippen LogP contribution in [0.4, 0.5) is 28.4 Å². The van der Waals surface area contributed by atoms with Crippen LogP contribution in [0.25, 0.3) is 0 Å². The minimum Gasteiger partial charge on any atom is -0.503 e. The van der Waals surface area contributed by atoms with Crippen LogP contribution < -0.4 is 20.0 Å². The number of carbonyl (C=O) groups is 4. The summed E-state index contributed by atoms with van der Waals surface area (Å²) < 4.78 is 5.81. The molecule has 16 nitrogen and oxygen atoms in total. The first-order chi connectivity index (χ1) is 28.1. The second kappa shape index (κ2) is 14.3. The lowest BCUT2D eigenvalue weighted by atomic mass is 9.49. The zero-order chi connectivity index (χ0) is 42.2. The highest BCUT2D eigenvalue weighted by atomic mass is 79.9. The average molecular weight is 866 g/mol. The number of carbonyl (C=O) groups excluding carboxylic acids is 4. The molecule has 8 rings (SSSR count). The molecule has 0 unspecified atom stereocenters. The minimum atomic E-state index is -1.61. The van der Waals surface area contributed by atoms with E-state index in [1.54, 1.807) is 54.6 Å². The molecule has 2 N–H and O–H groups in total. The molecule has 6 atom stereocenters. The Balaban J connectivity index is 1.32. The number of nitrogens with one attached hydrogen (secondary N) is 1. The van der Waals surface area contributed by atoms with Crippen molar-refractivity contribution in [1.29, 1.82) is 0 Å². The van der Waals surface area contributed by atoms with Gasteiger partial charge in [0.25, 0.3) is 11.8 Å². The molecule has 59 heavy (non-hydrogen) atoms. The summed E-state index contributed by atoms with van der Waals surface area (Å²) in [7, 11) is 4.20. The van der Waals surface area contributed by atoms with Crippen LogP contribution in [-0.4, -0.2) is 64.8 Å². The van der Waals surface area contributed by atoms with Crippen molar-refractivity contribution in [2.75, 3.05) is 36.4 Å². The van der Waals surface area contributed by atoms with Gasteiger partial charge >= 0.3 is 11.4 Å². The third-order valence-electron chi connectivity index (χ3n) is 12.2. The molecule has 302 valence electrons. The lowest BCUT2D eigenvalue weighted by Crippen LogP contribution is -2.53. The third-order valence-corrected chi connectivity index (χ3v) is 12.8. The number of anilines is 3. The van der Waals surface area contributed by atoms with Crippen molar-refractivity contribution in [2.45, 2.75) is 31.1 Å². The van der Waals surface area contributed by atoms with E-state index in [1.165, 1.54) is 26.1 Å². The normalized spacial score (nSPS) is 24.6. The van der Waals surface area contributed by atoms with E-state index in [1.807, 2.05) is 25.1 Å². The smallest absolute Gasteiger partial charge is 0.301 e. The molecule has 17 heteroatoms. The number of rotatable bonds is 9. The number of hydrogen-bond donors (Lipinski definition) is 2. The number of allylic oxidation sites excluding steroid dienone is 2. The highest BCUT2D eigenvalue weighted by molar-refractivity contribution is 9.10. The van der Waals surface area contributed by atoms with Gasteiger partial charge in [-0.25, -0.2) is 4.90 Å². The summed E-state index contributed by atoms with van der Waals surface area (Å²) in [6, 6.07) is 21.3. The first kappa shape index (κ1) is 39.2. The Kier molecular flexibility index (Phi) is 9.53. The number of hydrogen-bond acceptors (Lipinski definition) is 12. The highest BCUT2D eigenvalue weighted by Gasteiger charge is 2.70. The summed E-state index contributed by atoms with van der Waals surface area (Å²) in [5.74, 6) is -7.62. The lowest BCUT2D eigenvalue weighted by molar-refractivity contribution is -0.392. The first-order valence-corrected chi connectivity index (χ1v) is 19.5. The Bertz CT molecular complexity index is 2490. The van der Waals surface area contributed by atoms with Gasteiger partial charge in [-0.1, -0.05) is 59.7 Å². The molecule has 4 amide bonds. The maximum Gasteiger partial charge on any atom is 0.301 e. The predicted octanol–water partition coefficient (Wildman–Crippen LogP) is 6.54. The molecule has 4 aromatic rings. The topological polar surface area (TPSA) is 206 Å². The Morgan fingerprint density at radius 2 is 1.54 bits per heavy atom. The summed E-state index contributed by atoms with van der Waals surface area (Å²) in [5.41, 5.74) is 2.54. The van der Waals surface area contributed by atoms with Gasteiger partial charge in [-0.15, -0.1) is 0 Å². The summed E-state index contributed by atoms with van der Waals surface area (Å²) in [4.78, 5) is 84.5. The number of imide groups is 2. The molecule has 4 aliphatic rings. The van der Waals surface area contributed by atoms with Gasteiger partial charge < -0.3 is 14.7 Å². The van der Waals surface area contributed by atoms with Crippen molar-refractivity contribution in [3.63, 3.8) is 0 Å². The minimum absolute atomic E-state index is 0.0213. The molecule has 0 bridgehead atoms. The molecule has 0 aromatic heterocycles. The van der Waals surface area contributed by atoms with Crippen molar-refractivity contribution in [3.05, 3.63) is 132 Å². The van der Waals surface area contributed by atoms with E-state index in [2.05, 4.69) is 21.4 Å². The van der Waals surface area contributed by atoms with Crippen LogP contribution in [0.2, 0.25) is 0 Å². The lowest BCUT2D eigenvalue weighted by Gasteiger charge is -2.50. The fourth-order valence-corrected chi connectivity index (χ4v) is 10.2. The van der Waals surface area contributed by atoms with Crippen LogP contribution >= 0.6 is 15.9 Å². The third kappa shape index (κ3) is 5.85. The van der Waals surface area contributed by atoms with Crippen molar-refractivity contribution in [2.24, 2.45) is 23.7 Å². The Labute approximate surface area is 345 Å². The standard InChI is InChI=1S/C42H37BrN6O10/c1-21-10-12-24(13-11-21)44-47-39(52)29-20-28-26(35(22-16-30(43)37(50)33(17-22)59-4)42(29,41(47)54)23-8-6-5-7-9-23)14-15-27-34(28)40(53)46(38(27)51)25-18-31(48(55)56)36(45(2)3)32(19-25)49(57)58/h5-14,16-19,27-29,34-35,44,50H,15,20H2,1-4H3/t27-,28+,29-,34-,35-,42+/m0/s1. The SMILES string of the molecule is COc1cc([C@H]2C3=CC[C@@H]4C(=O)N(c5cc([N+](=O)[O-])c(N(C)C)c([N+](=O)[O-])c5)C(=O)[C@@H]4[C@@H]3C[C@H]3C(=O)N(Nc4ccc(C)cc4)C(=O)[C@@]23c2ccccc2)cc(Br)c1O. The number of methoxy groups -OCH3 is 1. The molecule has 2 saturated heterocycles. The number of nitro groups is 2. The highest BCUT2D eigenvalue weighted by Crippen LogP contribution is 2.65. The Morgan fingerprint density at radius 1 is 0.898 bits per heavy atom. The van der Waals surface area contributed by atoms with Crippen LogP contribution in [0.1, 0.15) is 35.4 Å². The number of benzene rings is 4. The number of phenols is 1. The van der Waals surface area contributed by atoms with Crippen LogP contribution in [0.15, 0.2) is 95.0 Å². The van der Waals surface area contributed by atoms with Crippen LogP contribution in [0.5, 0.6) is 11.5 Å². The van der Waals surface area contributed by atoms with Gasteiger partial charge in [0.1, 0.15) is 0 Å². The summed E-state index contributed by atoms with van der Waals surface area (Å²) >= 11 is 3.44. The maximum atomic E-state index is 15.4. The Hall–Kier alpha value is -6.62. The van der Waals surface area contributed by atoms with E-state index in [0.717, 1.165) is 27.6 Å². The van der Waals surface area contributed by atoms with E-state index in [9.17, 15) is 39.7 Å². The number of aryl methyl sites for hydroxylation is 1. The van der Waals surface area contributed by atoms with Gasteiger partial charge in [0, 0.05) is 32.1 Å². The monoisotopic (exact) mass is 864 g/mol. The fourth-order valence-electron chi connectivity index (χ4n) is 9.75. The van der Waals surface area contributed by atoms with Gasteiger partial charge in [-0.05, 0) is 77.0 Å². The molecular formula is C42H37BrN6O10. The van der Waals surface area contributed by atoms with E-state index in [0.29, 0.717) is 22.4 Å². The van der Waals surface area contributed by atoms with E-state index < -0.39 is 79.9 Å². The first-order valence-electron chi connectivity index (χ1n) is 18.7. The average Bonchev–Trinajstić information content (AvgIpc) is 3.59. The molecule has 2 aliphatic carbocycles. The number of fused-ring (bicyclic) bond motifs is 4. The van der Waals surface area contributed by atoms with E-state index in [-0.39, 0.29) is 40.2 Å². The second-order valence-corrected chi connectivity index (χ2v) is 16.3. The van der Waals surface area contributed by atoms with E-state index in [4.69, 9.17) is 4.74 Å². The molecule has 1 saturated carbocycles. The molecular weight excluding hydrogens is 828 g/mol. The van der Waals surface area contributed by atoms with Gasteiger partial charge in [0.15, 0.2) is 17.2 Å². The number of nitrogens with zero attached hydrogens (tertiary/aromatic N) is 5. The second-order valence-electron chi connectivity index (χ2n) is 15.4. The quantitative estimate of drug-likeness (QED) is 0.0796. The van der Waals surface area contributed by atoms with Gasteiger partial charge in [-0.2, -0.15) is 5.01 Å². The predicted molar refractivity (Wildman–Crippen MR) is 218 cm³/mol. The molecule has 2 aliphatic heterocycles. The summed E-state index contributed by atoms with van der Waals surface area (Å²) in [6.45, 7) is 1.91. The van der Waals surface area contributed by atoms with Gasteiger partial charge in [0.05, 0.1) is 56.0 Å². The van der Waals surface area contributed by atoms with Crippen molar-refractivity contribution in [1.82, 2.24) is 5.01 Å². The number of ether oxygens (including phenoxy) is 1. The van der Waals surface area contributed by atoms with Crippen molar-refractivity contribution in [3.8, 4) is 11.5 Å². The van der Waals surface area contributed by atoms with Gasteiger partial charge in [0.2, 0.25) is 11.8 Å². The summed E-state index contributed by atoms with van der Waals surface area (Å²) in [5, 5.41) is 36.5. The number of hydrazine groups is 1. The van der Waals surface area contributed by atoms with Crippen LogP contribution in [-0.2, 0) is 24.6 Å². The van der Waals surface area contributed by atoms with Gasteiger partial charge in [-0.3, -0.25) is 44.8 Å². The van der Waals surface area contributed by atoms with Crippen LogP contribution in [0, 0.1) is 50.8 Å². The fraction of sp³-hybridized carbons (Fsp3) is 0.286. The molecule has 3 fully saturated rings. The maximum absolute atomic E-state index is 15.4. The number of aromatic hydroxyl groups is 1. The van der Waals surface area contributed by atoms with Crippen molar-refractivity contribution >= 4 is 68.0 Å². The number of phenolic OH excluding ortho intramolecular Hbond substituents is 1. The molecule has 2 heterocycles. The molecule has 0 radical (unpaired) electrons. The van der Waals surface area contributed by atoms with Crippen LogP contribution in [0.3, 0.4) is 0 Å². The molecule has 0 spiro atoms. The largest absolute Gasteiger partial charge is 0.503 e. The zero-order valence-electron chi connectivity index (χ0n) is 32.1. The summed E-state index contributed by atoms with van der Waals surface area (Å²) in [6.07, 6.45) is 1.80. The van der Waals surface area contributed by atoms with E-state index >= 15 is 4.79 Å². The Morgan fingerprint density at radius 3 is 2.14 bits per heavy atom. The number of halogens is 1. The number of amides is 4.